The lowest BCUT2D eigenvalue weighted by Gasteiger charge is -2.10. The predicted molar refractivity (Wildman–Crippen MR) is 77.3 cm³/mol. The topological polar surface area (TPSA) is 59.6 Å². The molecule has 0 aliphatic rings. The number of hydrogen-bond acceptors (Lipinski definition) is 3. The number of nitriles is 2. The Morgan fingerprint density at radius 2 is 1.95 bits per heavy atom. The van der Waals surface area contributed by atoms with Crippen molar-refractivity contribution in [2.75, 3.05) is 5.32 Å². The van der Waals surface area contributed by atoms with Gasteiger partial charge in [-0.3, -0.25) is 0 Å². The van der Waals surface area contributed by atoms with Gasteiger partial charge >= 0.3 is 0 Å². The number of anilines is 1. The van der Waals surface area contributed by atoms with Crippen molar-refractivity contribution in [2.24, 2.45) is 0 Å². The second-order valence-electron chi connectivity index (χ2n) is 4.05. The van der Waals surface area contributed by atoms with Crippen LogP contribution in [0.15, 0.2) is 40.9 Å². The van der Waals surface area contributed by atoms with E-state index in [-0.39, 0.29) is 12.1 Å². The molecule has 0 saturated carbocycles. The van der Waals surface area contributed by atoms with Crippen LogP contribution in [0.25, 0.3) is 0 Å². The highest BCUT2D eigenvalue weighted by Gasteiger charge is 2.08. The maximum atomic E-state index is 13.9. The van der Waals surface area contributed by atoms with Gasteiger partial charge in [0, 0.05) is 22.3 Å². The normalized spacial score (nSPS) is 9.60. The Bertz CT molecular complexity index is 729. The van der Waals surface area contributed by atoms with E-state index in [0.29, 0.717) is 11.1 Å². The fraction of sp³-hybridized carbons (Fsp3) is 0.0667. The van der Waals surface area contributed by atoms with Gasteiger partial charge in [0.2, 0.25) is 0 Å². The molecule has 0 aliphatic carbocycles. The van der Waals surface area contributed by atoms with Gasteiger partial charge in [0.05, 0.1) is 17.2 Å². The van der Waals surface area contributed by atoms with Gasteiger partial charge in [-0.2, -0.15) is 10.5 Å². The Morgan fingerprint density at radius 3 is 2.60 bits per heavy atom. The summed E-state index contributed by atoms with van der Waals surface area (Å²) in [6.07, 6.45) is 0. The van der Waals surface area contributed by atoms with Crippen LogP contribution in [-0.2, 0) is 6.54 Å². The lowest BCUT2D eigenvalue weighted by Crippen LogP contribution is -2.03. The monoisotopic (exact) mass is 329 g/mol. The van der Waals surface area contributed by atoms with Crippen LogP contribution < -0.4 is 5.32 Å². The van der Waals surface area contributed by atoms with E-state index in [4.69, 9.17) is 10.5 Å². The van der Waals surface area contributed by atoms with Gasteiger partial charge in [0.25, 0.3) is 0 Å². The van der Waals surface area contributed by atoms with Crippen LogP contribution in [0.4, 0.5) is 10.1 Å². The van der Waals surface area contributed by atoms with Crippen molar-refractivity contribution in [2.45, 2.75) is 6.54 Å². The summed E-state index contributed by atoms with van der Waals surface area (Å²) >= 11 is 3.35. The predicted octanol–water partition coefficient (Wildman–Crippen LogP) is 3.94. The van der Waals surface area contributed by atoms with E-state index in [1.165, 1.54) is 6.07 Å². The van der Waals surface area contributed by atoms with E-state index in [9.17, 15) is 4.39 Å². The molecule has 2 rings (SSSR count). The molecule has 0 fully saturated rings. The molecule has 0 aromatic heterocycles. The number of rotatable bonds is 3. The van der Waals surface area contributed by atoms with Gasteiger partial charge in [-0.05, 0) is 40.2 Å². The Kier molecular flexibility index (Phi) is 4.34. The quantitative estimate of drug-likeness (QED) is 0.927. The fourth-order valence-electron chi connectivity index (χ4n) is 1.72. The van der Waals surface area contributed by atoms with Crippen LogP contribution in [0.5, 0.6) is 0 Å². The molecule has 0 heterocycles. The van der Waals surface area contributed by atoms with Crippen LogP contribution in [0.3, 0.4) is 0 Å². The minimum atomic E-state index is -0.507. The van der Waals surface area contributed by atoms with Crippen molar-refractivity contribution in [3.05, 3.63) is 63.4 Å². The molecule has 0 spiro atoms. The highest BCUT2D eigenvalue weighted by atomic mass is 79.9. The van der Waals surface area contributed by atoms with E-state index in [2.05, 4.69) is 21.2 Å². The highest BCUT2D eigenvalue weighted by molar-refractivity contribution is 9.10. The maximum Gasteiger partial charge on any atom is 0.145 e. The summed E-state index contributed by atoms with van der Waals surface area (Å²) in [5.74, 6) is -0.507. The van der Waals surface area contributed by atoms with Crippen LogP contribution in [0.2, 0.25) is 0 Å². The molecule has 0 unspecified atom stereocenters. The van der Waals surface area contributed by atoms with E-state index < -0.39 is 5.82 Å². The third kappa shape index (κ3) is 2.96. The number of nitrogens with zero attached hydrogens (tertiary/aromatic N) is 2. The molecule has 1 N–H and O–H groups in total. The van der Waals surface area contributed by atoms with Crippen LogP contribution >= 0.6 is 15.9 Å². The Hall–Kier alpha value is -2.37. The molecule has 0 radical (unpaired) electrons. The molecule has 0 bridgehead atoms. The molecule has 0 aliphatic heterocycles. The smallest absolute Gasteiger partial charge is 0.145 e. The maximum absolute atomic E-state index is 13.9. The molecule has 20 heavy (non-hydrogen) atoms. The average molecular weight is 330 g/mol. The fourth-order valence-corrected chi connectivity index (χ4v) is 2.24. The van der Waals surface area contributed by atoms with E-state index >= 15 is 0 Å². The van der Waals surface area contributed by atoms with Gasteiger partial charge in [0.15, 0.2) is 0 Å². The lowest BCUT2D eigenvalue weighted by molar-refractivity contribution is 0.609. The molecule has 0 amide bonds. The summed E-state index contributed by atoms with van der Waals surface area (Å²) in [5.41, 5.74) is 1.74. The van der Waals surface area contributed by atoms with Gasteiger partial charge in [-0.25, -0.2) is 4.39 Å². The van der Waals surface area contributed by atoms with Gasteiger partial charge in [0.1, 0.15) is 11.9 Å². The van der Waals surface area contributed by atoms with Crippen molar-refractivity contribution < 1.29 is 4.39 Å². The Balaban J connectivity index is 2.18. The van der Waals surface area contributed by atoms with Crippen molar-refractivity contribution in [1.82, 2.24) is 0 Å². The zero-order valence-electron chi connectivity index (χ0n) is 10.3. The summed E-state index contributed by atoms with van der Waals surface area (Å²) in [5, 5.41) is 20.6. The third-order valence-corrected chi connectivity index (χ3v) is 3.42. The minimum Gasteiger partial charge on any atom is -0.380 e. The first-order chi connectivity index (χ1) is 9.65. The highest BCUT2D eigenvalue weighted by Crippen LogP contribution is 2.24. The molecule has 5 heteroatoms. The summed E-state index contributed by atoms with van der Waals surface area (Å²) < 4.78 is 14.6. The van der Waals surface area contributed by atoms with Crippen molar-refractivity contribution in [3.8, 4) is 12.1 Å². The van der Waals surface area contributed by atoms with Gasteiger partial charge in [-0.1, -0.05) is 12.1 Å². The zero-order chi connectivity index (χ0) is 14.5. The molecule has 2 aromatic carbocycles. The number of benzene rings is 2. The molecule has 0 saturated heterocycles. The molecule has 3 nitrogen and oxygen atoms in total. The Morgan fingerprint density at radius 1 is 1.15 bits per heavy atom. The summed E-state index contributed by atoms with van der Waals surface area (Å²) in [6.45, 7) is 0.256. The first kappa shape index (κ1) is 14.0. The number of hydrogen-bond donors (Lipinski definition) is 1. The average Bonchev–Trinajstić information content (AvgIpc) is 2.47. The van der Waals surface area contributed by atoms with Crippen LogP contribution in [-0.4, -0.2) is 0 Å². The SMILES string of the molecule is N#Cc1ccc(NCc2cccc(C#N)c2F)c(Br)c1. The van der Waals surface area contributed by atoms with Crippen LogP contribution in [0.1, 0.15) is 16.7 Å². The van der Waals surface area contributed by atoms with Gasteiger partial charge in [-0.15, -0.1) is 0 Å². The zero-order valence-corrected chi connectivity index (χ0v) is 11.9. The van der Waals surface area contributed by atoms with Crippen molar-refractivity contribution >= 4 is 21.6 Å². The largest absolute Gasteiger partial charge is 0.380 e. The van der Waals surface area contributed by atoms with E-state index in [0.717, 1.165) is 10.2 Å². The lowest BCUT2D eigenvalue weighted by atomic mass is 10.1. The van der Waals surface area contributed by atoms with Crippen LogP contribution in [0, 0.1) is 28.5 Å². The van der Waals surface area contributed by atoms with E-state index in [1.54, 1.807) is 30.3 Å². The first-order valence-corrected chi connectivity index (χ1v) is 6.56. The minimum absolute atomic E-state index is 0.0307. The van der Waals surface area contributed by atoms with Crippen molar-refractivity contribution in [3.63, 3.8) is 0 Å². The molecular weight excluding hydrogens is 321 g/mol. The molecule has 2 aromatic rings. The molecule has 0 atom stereocenters. The second-order valence-corrected chi connectivity index (χ2v) is 4.90. The standard InChI is InChI=1S/C15H9BrFN3/c16-13-6-10(7-18)4-5-14(13)20-9-12-3-1-2-11(8-19)15(12)17/h1-6,20H,9H2. The van der Waals surface area contributed by atoms with Crippen molar-refractivity contribution in [1.29, 1.82) is 10.5 Å². The number of halogens is 2. The van der Waals surface area contributed by atoms with Gasteiger partial charge < -0.3 is 5.32 Å². The Labute approximate surface area is 124 Å². The summed E-state index contributed by atoms with van der Waals surface area (Å²) in [4.78, 5) is 0. The number of nitrogens with one attached hydrogen (secondary N) is 1. The first-order valence-electron chi connectivity index (χ1n) is 5.76. The molecular formula is C15H9BrFN3. The summed E-state index contributed by atoms with van der Waals surface area (Å²) in [7, 11) is 0. The van der Waals surface area contributed by atoms with E-state index in [1.807, 2.05) is 12.1 Å². The second kappa shape index (κ2) is 6.18. The summed E-state index contributed by atoms with van der Waals surface area (Å²) in [6, 6.07) is 13.7. The molecule has 98 valence electrons. The third-order valence-electron chi connectivity index (χ3n) is 2.77.